The summed E-state index contributed by atoms with van der Waals surface area (Å²) in [6, 6.07) is 5.35. The summed E-state index contributed by atoms with van der Waals surface area (Å²) in [5.74, 6) is -0.266. The van der Waals surface area contributed by atoms with Gasteiger partial charge in [-0.3, -0.25) is 9.59 Å². The third-order valence-corrected chi connectivity index (χ3v) is 4.53. The fourth-order valence-corrected chi connectivity index (χ4v) is 3.14. The van der Waals surface area contributed by atoms with Gasteiger partial charge in [0.1, 0.15) is 5.78 Å². The zero-order valence-electron chi connectivity index (χ0n) is 14.0. The van der Waals surface area contributed by atoms with Crippen LogP contribution in [0.5, 0.6) is 0 Å². The summed E-state index contributed by atoms with van der Waals surface area (Å²) >= 11 is 0. The van der Waals surface area contributed by atoms with Crippen molar-refractivity contribution in [3.63, 3.8) is 0 Å². The topological polar surface area (TPSA) is 116 Å². The van der Waals surface area contributed by atoms with Crippen LogP contribution in [0.2, 0.25) is 5.82 Å². The summed E-state index contributed by atoms with van der Waals surface area (Å²) in [4.78, 5) is 23.6. The van der Waals surface area contributed by atoms with Crippen molar-refractivity contribution in [2.45, 2.75) is 57.6 Å². The second-order valence-electron chi connectivity index (χ2n) is 6.41. The largest absolute Gasteiger partial charge is 0.458 e. The van der Waals surface area contributed by atoms with Crippen LogP contribution in [0.15, 0.2) is 18.2 Å². The first-order chi connectivity index (χ1) is 11.4. The van der Waals surface area contributed by atoms with Gasteiger partial charge in [-0.2, -0.15) is 0 Å². The van der Waals surface area contributed by atoms with Crippen LogP contribution in [0.4, 0.5) is 0 Å². The number of benzene rings is 1. The Morgan fingerprint density at radius 2 is 1.92 bits per heavy atom. The molecule has 1 heterocycles. The van der Waals surface area contributed by atoms with E-state index in [1.54, 1.807) is 12.1 Å². The molecule has 6 nitrogen and oxygen atoms in total. The van der Waals surface area contributed by atoms with Crippen molar-refractivity contribution >= 4 is 18.7 Å². The van der Waals surface area contributed by atoms with Gasteiger partial charge in [-0.1, -0.05) is 12.1 Å². The molecule has 0 radical (unpaired) electrons. The number of Topliss-reactive ketones (excluding diaryl/α,β-unsaturated/α-hetero) is 2. The number of hydrogen-bond acceptors (Lipinski definition) is 6. The predicted octanol–water partition coefficient (Wildman–Crippen LogP) is 1.19. The van der Waals surface area contributed by atoms with Gasteiger partial charge in [-0.15, -0.1) is 0 Å². The second-order valence-corrected chi connectivity index (χ2v) is 6.41. The Bertz CT molecular complexity index is 608. The lowest BCUT2D eigenvalue weighted by Gasteiger charge is -2.30. The quantitative estimate of drug-likeness (QED) is 0.510. The molecule has 130 valence electrons. The minimum absolute atomic E-state index is 0.0380. The SMILES string of the molecule is CC(=O)C[C@@H]1CC[C@H](CC(=O)c2ccc(CN)c(CN)c2)B(O)O1. The summed E-state index contributed by atoms with van der Waals surface area (Å²) in [5.41, 5.74) is 13.7. The molecule has 0 aliphatic carbocycles. The highest BCUT2D eigenvalue weighted by atomic mass is 16.5. The molecule has 0 spiro atoms. The number of carbonyl (C=O) groups is 2. The van der Waals surface area contributed by atoms with Crippen LogP contribution in [-0.2, 0) is 22.5 Å². The van der Waals surface area contributed by atoms with E-state index in [0.717, 1.165) is 11.1 Å². The minimum Gasteiger partial charge on any atom is -0.427 e. The van der Waals surface area contributed by atoms with Gasteiger partial charge >= 0.3 is 7.12 Å². The van der Waals surface area contributed by atoms with E-state index < -0.39 is 7.12 Å². The molecule has 2 rings (SSSR count). The molecule has 0 saturated carbocycles. The van der Waals surface area contributed by atoms with Crippen molar-refractivity contribution in [3.05, 3.63) is 34.9 Å². The first-order valence-corrected chi connectivity index (χ1v) is 8.32. The van der Waals surface area contributed by atoms with Crippen LogP contribution in [0.25, 0.3) is 0 Å². The summed E-state index contributed by atoms with van der Waals surface area (Å²) in [6.45, 7) is 2.22. The zero-order valence-corrected chi connectivity index (χ0v) is 14.0. The molecule has 1 aromatic carbocycles. The van der Waals surface area contributed by atoms with Crippen molar-refractivity contribution < 1.29 is 19.3 Å². The van der Waals surface area contributed by atoms with Gasteiger partial charge in [0, 0.05) is 43.4 Å². The average Bonchev–Trinajstić information content (AvgIpc) is 2.56. The van der Waals surface area contributed by atoms with Crippen LogP contribution in [0.3, 0.4) is 0 Å². The van der Waals surface area contributed by atoms with E-state index in [2.05, 4.69) is 0 Å². The summed E-state index contributed by atoms with van der Waals surface area (Å²) in [7, 11) is -1.01. The molecule has 1 fully saturated rings. The van der Waals surface area contributed by atoms with Crippen molar-refractivity contribution in [2.75, 3.05) is 0 Å². The number of nitrogens with two attached hydrogens (primary N) is 2. The van der Waals surface area contributed by atoms with Gasteiger partial charge in [0.25, 0.3) is 0 Å². The second kappa shape index (κ2) is 8.53. The highest BCUT2D eigenvalue weighted by Gasteiger charge is 2.36. The molecule has 0 amide bonds. The predicted molar refractivity (Wildman–Crippen MR) is 92.3 cm³/mol. The maximum atomic E-state index is 12.5. The molecular formula is C17H25BN2O4. The van der Waals surface area contributed by atoms with Crippen LogP contribution in [0, 0.1) is 0 Å². The van der Waals surface area contributed by atoms with E-state index in [4.69, 9.17) is 16.1 Å². The van der Waals surface area contributed by atoms with Gasteiger partial charge < -0.3 is 21.1 Å². The summed E-state index contributed by atoms with van der Waals surface area (Å²) in [5, 5.41) is 10.1. The van der Waals surface area contributed by atoms with E-state index in [0.29, 0.717) is 37.9 Å². The van der Waals surface area contributed by atoms with Gasteiger partial charge in [-0.05, 0) is 37.0 Å². The monoisotopic (exact) mass is 332 g/mol. The van der Waals surface area contributed by atoms with Crippen molar-refractivity contribution in [3.8, 4) is 0 Å². The first-order valence-electron chi connectivity index (χ1n) is 8.32. The highest BCUT2D eigenvalue weighted by molar-refractivity contribution is 6.45. The first kappa shape index (κ1) is 18.8. The Hall–Kier alpha value is -1.54. The molecule has 7 heteroatoms. The Morgan fingerprint density at radius 3 is 2.50 bits per heavy atom. The standard InChI is InChI=1S/C17H25BN2O4/c1-11(21)6-16-5-4-15(18(23)24-16)8-17(22)12-2-3-13(9-19)14(7-12)10-20/h2-3,7,15-16,23H,4-6,8-10,19-20H2,1H3/t15-,16+/m1/s1. The maximum absolute atomic E-state index is 12.5. The average molecular weight is 332 g/mol. The highest BCUT2D eigenvalue weighted by Crippen LogP contribution is 2.31. The number of hydrogen-bond donors (Lipinski definition) is 3. The van der Waals surface area contributed by atoms with E-state index >= 15 is 0 Å². The number of carbonyl (C=O) groups excluding carboxylic acids is 2. The molecule has 5 N–H and O–H groups in total. The van der Waals surface area contributed by atoms with Crippen LogP contribution >= 0.6 is 0 Å². The van der Waals surface area contributed by atoms with Crippen LogP contribution in [-0.4, -0.2) is 29.8 Å². The molecule has 24 heavy (non-hydrogen) atoms. The Balaban J connectivity index is 1.99. The smallest absolute Gasteiger partial charge is 0.427 e. The minimum atomic E-state index is -1.01. The van der Waals surface area contributed by atoms with Gasteiger partial charge in [-0.25, -0.2) is 0 Å². The number of ketones is 2. The fraction of sp³-hybridized carbons (Fsp3) is 0.529. The lowest BCUT2D eigenvalue weighted by molar-refractivity contribution is -0.118. The molecule has 0 unspecified atom stereocenters. The third kappa shape index (κ3) is 4.74. The number of rotatable bonds is 7. The van der Waals surface area contributed by atoms with Gasteiger partial charge in [0.15, 0.2) is 5.78 Å². The van der Waals surface area contributed by atoms with E-state index in [-0.39, 0.29) is 29.9 Å². The molecule has 1 aromatic rings. The third-order valence-electron chi connectivity index (χ3n) is 4.53. The fourth-order valence-electron chi connectivity index (χ4n) is 3.14. The lowest BCUT2D eigenvalue weighted by Crippen LogP contribution is -2.37. The summed E-state index contributed by atoms with van der Waals surface area (Å²) < 4.78 is 5.47. The maximum Gasteiger partial charge on any atom is 0.458 e. The Labute approximate surface area is 142 Å². The van der Waals surface area contributed by atoms with Gasteiger partial charge in [0.05, 0.1) is 0 Å². The van der Waals surface area contributed by atoms with E-state index in [9.17, 15) is 14.6 Å². The summed E-state index contributed by atoms with van der Waals surface area (Å²) in [6.07, 6.45) is 1.60. The molecule has 1 saturated heterocycles. The Kier molecular flexibility index (Phi) is 6.68. The van der Waals surface area contributed by atoms with E-state index in [1.807, 2.05) is 6.07 Å². The molecule has 1 aliphatic rings. The van der Waals surface area contributed by atoms with Crippen LogP contribution in [0.1, 0.15) is 54.1 Å². The Morgan fingerprint density at radius 1 is 1.21 bits per heavy atom. The van der Waals surface area contributed by atoms with E-state index in [1.165, 1.54) is 6.92 Å². The normalized spacial score (nSPS) is 20.9. The molecule has 0 bridgehead atoms. The van der Waals surface area contributed by atoms with Crippen molar-refractivity contribution in [1.29, 1.82) is 0 Å². The zero-order chi connectivity index (χ0) is 17.7. The van der Waals surface area contributed by atoms with Crippen LogP contribution < -0.4 is 11.5 Å². The van der Waals surface area contributed by atoms with Gasteiger partial charge in [0.2, 0.25) is 0 Å². The molecular weight excluding hydrogens is 307 g/mol. The molecule has 0 aromatic heterocycles. The molecule has 2 atom stereocenters. The van der Waals surface area contributed by atoms with Crippen molar-refractivity contribution in [1.82, 2.24) is 0 Å². The van der Waals surface area contributed by atoms with Crippen molar-refractivity contribution in [2.24, 2.45) is 11.5 Å². The molecule has 1 aliphatic heterocycles. The lowest BCUT2D eigenvalue weighted by atomic mass is 9.64.